The lowest BCUT2D eigenvalue weighted by Gasteiger charge is -2.29. The summed E-state index contributed by atoms with van der Waals surface area (Å²) in [4.78, 5) is 65.6. The van der Waals surface area contributed by atoms with Crippen molar-refractivity contribution < 1.29 is 43.3 Å². The number of imide groups is 3. The van der Waals surface area contributed by atoms with E-state index in [1.807, 2.05) is 6.92 Å². The average Bonchev–Trinajstić information content (AvgIpc) is 3.72. The molecular weight excluding hydrogens is 558 g/mol. The molecule has 230 valence electrons. The Morgan fingerprint density at radius 1 is 1.12 bits per heavy atom. The zero-order valence-corrected chi connectivity index (χ0v) is 25.0. The number of benzene rings is 2. The predicted molar refractivity (Wildman–Crippen MR) is 155 cm³/mol. The molecule has 1 atom stereocenters. The summed E-state index contributed by atoms with van der Waals surface area (Å²) in [6, 6.07) is 9.67. The van der Waals surface area contributed by atoms with E-state index in [-0.39, 0.29) is 35.6 Å². The number of fused-ring (bicyclic) bond motifs is 1. The first-order chi connectivity index (χ1) is 20.3. The van der Waals surface area contributed by atoms with Gasteiger partial charge in [0.25, 0.3) is 5.91 Å². The molecule has 5 amide bonds. The zero-order valence-electron chi connectivity index (χ0n) is 25.0. The lowest BCUT2D eigenvalue weighted by Crippen LogP contribution is -2.44. The van der Waals surface area contributed by atoms with E-state index in [2.05, 4.69) is 5.32 Å². The van der Waals surface area contributed by atoms with E-state index in [0.29, 0.717) is 40.5 Å². The van der Waals surface area contributed by atoms with Crippen molar-refractivity contribution in [2.24, 2.45) is 5.92 Å². The fourth-order valence-corrected chi connectivity index (χ4v) is 4.96. The van der Waals surface area contributed by atoms with E-state index in [1.54, 1.807) is 62.1 Å². The van der Waals surface area contributed by atoms with E-state index >= 15 is 0 Å². The maximum atomic E-state index is 13.9. The maximum absolute atomic E-state index is 13.9. The third kappa shape index (κ3) is 7.25. The normalized spacial score (nSPS) is 14.9. The van der Waals surface area contributed by atoms with Gasteiger partial charge in [0, 0.05) is 18.9 Å². The number of carbonyl (C=O) groups excluding carboxylic acids is 4. The van der Waals surface area contributed by atoms with Gasteiger partial charge in [0.1, 0.15) is 5.60 Å². The number of carbonyl (C=O) groups is 5. The number of hydrogen-bond acceptors (Lipinski definition) is 8. The zero-order chi connectivity index (χ0) is 31.5. The summed E-state index contributed by atoms with van der Waals surface area (Å²) in [6.45, 7) is 7.03. The third-order valence-corrected chi connectivity index (χ3v) is 7.07. The molecule has 43 heavy (non-hydrogen) atoms. The number of anilines is 1. The minimum absolute atomic E-state index is 0.0210. The third-order valence-electron chi connectivity index (χ3n) is 7.07. The summed E-state index contributed by atoms with van der Waals surface area (Å²) in [6.07, 6.45) is -1.85. The molecule has 2 aromatic carbocycles. The lowest BCUT2D eigenvalue weighted by molar-refractivity contribution is -0.128. The van der Waals surface area contributed by atoms with Crippen LogP contribution in [0.1, 0.15) is 80.9 Å². The van der Waals surface area contributed by atoms with E-state index in [4.69, 9.17) is 14.2 Å². The number of nitrogens with one attached hydrogen (secondary N) is 1. The van der Waals surface area contributed by atoms with Gasteiger partial charge in [-0.2, -0.15) is 0 Å². The van der Waals surface area contributed by atoms with Crippen LogP contribution in [0.3, 0.4) is 0 Å². The number of nitrogens with zero attached hydrogens (tertiary/aromatic N) is 2. The van der Waals surface area contributed by atoms with Crippen LogP contribution in [0, 0.1) is 5.92 Å². The van der Waals surface area contributed by atoms with Gasteiger partial charge in [0.15, 0.2) is 11.5 Å². The van der Waals surface area contributed by atoms with Crippen LogP contribution in [0.15, 0.2) is 36.4 Å². The highest BCUT2D eigenvalue weighted by Crippen LogP contribution is 2.40. The molecule has 0 aromatic heterocycles. The first kappa shape index (κ1) is 31.3. The summed E-state index contributed by atoms with van der Waals surface area (Å²) in [5, 5.41) is 12.5. The van der Waals surface area contributed by atoms with E-state index in [0.717, 1.165) is 12.8 Å². The first-order valence-electron chi connectivity index (χ1n) is 14.2. The van der Waals surface area contributed by atoms with Crippen molar-refractivity contribution >= 4 is 35.6 Å². The Morgan fingerprint density at radius 3 is 2.44 bits per heavy atom. The van der Waals surface area contributed by atoms with Crippen LogP contribution in [0.4, 0.5) is 15.3 Å². The van der Waals surface area contributed by atoms with Crippen molar-refractivity contribution in [3.8, 4) is 11.5 Å². The largest absolute Gasteiger partial charge is 0.493 e. The molecule has 12 nitrogen and oxygen atoms in total. The Kier molecular flexibility index (Phi) is 9.27. The van der Waals surface area contributed by atoms with Gasteiger partial charge in [-0.05, 0) is 76.3 Å². The fourth-order valence-electron chi connectivity index (χ4n) is 4.96. The van der Waals surface area contributed by atoms with Crippen molar-refractivity contribution in [3.05, 3.63) is 53.1 Å². The lowest BCUT2D eigenvalue weighted by atomic mass is 9.99. The summed E-state index contributed by atoms with van der Waals surface area (Å²) in [7, 11) is 1.50. The molecule has 1 aliphatic heterocycles. The van der Waals surface area contributed by atoms with Gasteiger partial charge in [0.05, 0.1) is 31.0 Å². The molecule has 2 aliphatic rings. The Hall–Kier alpha value is -4.61. The smallest absolute Gasteiger partial charge is 0.426 e. The molecule has 0 bridgehead atoms. The second-order valence-corrected chi connectivity index (χ2v) is 11.4. The van der Waals surface area contributed by atoms with Crippen LogP contribution < -0.4 is 14.8 Å². The minimum Gasteiger partial charge on any atom is -0.493 e. The maximum Gasteiger partial charge on any atom is 0.426 e. The van der Waals surface area contributed by atoms with Crippen LogP contribution >= 0.6 is 0 Å². The van der Waals surface area contributed by atoms with Gasteiger partial charge in [-0.15, -0.1) is 4.90 Å². The average molecular weight is 596 g/mol. The van der Waals surface area contributed by atoms with E-state index in [1.165, 1.54) is 7.11 Å². The standard InChI is InChI=1S/C31H37N3O9/c1-6-42-24-16-19(12-14-23(24)41-5)22(13-15-25(35)34(29(38)39)30(40)43-31(2,3)4)33-17-20-8-7-9-21(26(20)28(33)37)32-27(36)18-10-11-18/h7-9,12,14,16,18,22H,6,10-11,13,15,17H2,1-5H3,(H,32,36)(H,38,39)/t22-/m1/s1. The molecule has 2 aromatic rings. The highest BCUT2D eigenvalue weighted by molar-refractivity contribution is 6.08. The van der Waals surface area contributed by atoms with Crippen molar-refractivity contribution in [1.29, 1.82) is 0 Å². The Morgan fingerprint density at radius 2 is 1.84 bits per heavy atom. The molecule has 1 fully saturated rings. The minimum atomic E-state index is -1.76. The molecule has 1 heterocycles. The molecule has 12 heteroatoms. The van der Waals surface area contributed by atoms with Crippen LogP contribution in [-0.4, -0.2) is 64.1 Å². The molecule has 0 saturated heterocycles. The van der Waals surface area contributed by atoms with Crippen LogP contribution in [0.5, 0.6) is 11.5 Å². The van der Waals surface area contributed by atoms with Gasteiger partial charge in [-0.1, -0.05) is 18.2 Å². The van der Waals surface area contributed by atoms with E-state index in [9.17, 15) is 29.1 Å². The number of ether oxygens (including phenoxy) is 3. The highest BCUT2D eigenvalue weighted by Gasteiger charge is 2.39. The fraction of sp³-hybridized carbons (Fsp3) is 0.452. The van der Waals surface area contributed by atoms with Gasteiger partial charge in [0.2, 0.25) is 11.8 Å². The Labute approximate surface area is 249 Å². The monoisotopic (exact) mass is 595 g/mol. The number of rotatable bonds is 10. The number of amides is 5. The van der Waals surface area contributed by atoms with Crippen molar-refractivity contribution in [3.63, 3.8) is 0 Å². The highest BCUT2D eigenvalue weighted by atomic mass is 16.6. The van der Waals surface area contributed by atoms with Crippen LogP contribution in [0.25, 0.3) is 0 Å². The van der Waals surface area contributed by atoms with Crippen LogP contribution in [0.2, 0.25) is 0 Å². The quantitative estimate of drug-likeness (QED) is 0.370. The van der Waals surface area contributed by atoms with Crippen molar-refractivity contribution in [1.82, 2.24) is 9.80 Å². The number of methoxy groups -OCH3 is 1. The molecule has 0 radical (unpaired) electrons. The molecule has 1 saturated carbocycles. The van der Waals surface area contributed by atoms with Gasteiger partial charge in [-0.3, -0.25) is 14.4 Å². The van der Waals surface area contributed by atoms with E-state index < -0.39 is 36.2 Å². The number of carboxylic acid groups (broad SMARTS) is 1. The second-order valence-electron chi connectivity index (χ2n) is 11.4. The Bertz CT molecular complexity index is 1430. The molecule has 2 N–H and O–H groups in total. The van der Waals surface area contributed by atoms with Crippen molar-refractivity contribution in [2.45, 2.75) is 71.6 Å². The SMILES string of the molecule is CCOc1cc([C@@H](CCC(=O)N(C(=O)O)C(=O)OC(C)(C)C)N2Cc3cccc(NC(=O)C4CC4)c3C2=O)ccc1OC. The molecule has 4 rings (SSSR count). The summed E-state index contributed by atoms with van der Waals surface area (Å²) >= 11 is 0. The summed E-state index contributed by atoms with van der Waals surface area (Å²) in [5.74, 6) is -0.623. The Balaban J connectivity index is 1.66. The summed E-state index contributed by atoms with van der Waals surface area (Å²) < 4.78 is 16.3. The molecule has 0 unspecified atom stereocenters. The van der Waals surface area contributed by atoms with Crippen LogP contribution in [-0.2, 0) is 20.9 Å². The molecule has 1 aliphatic carbocycles. The topological polar surface area (TPSA) is 152 Å². The van der Waals surface area contributed by atoms with Gasteiger partial charge in [-0.25, -0.2) is 9.59 Å². The summed E-state index contributed by atoms with van der Waals surface area (Å²) in [5.41, 5.74) is 1.08. The second kappa shape index (κ2) is 12.7. The van der Waals surface area contributed by atoms with Gasteiger partial charge >= 0.3 is 12.2 Å². The molecular formula is C31H37N3O9. The first-order valence-corrected chi connectivity index (χ1v) is 14.2. The predicted octanol–water partition coefficient (Wildman–Crippen LogP) is 5.36. The van der Waals surface area contributed by atoms with Gasteiger partial charge < -0.3 is 29.5 Å². The van der Waals surface area contributed by atoms with Crippen molar-refractivity contribution in [2.75, 3.05) is 19.0 Å². The molecule has 0 spiro atoms. The number of hydrogen-bond donors (Lipinski definition) is 2.